The monoisotopic (exact) mass is 264 g/mol. The van der Waals surface area contributed by atoms with Crippen LogP contribution in [-0.2, 0) is 9.53 Å². The molecule has 7 heteroatoms. The lowest BCUT2D eigenvalue weighted by Crippen LogP contribution is -2.65. The number of nitrogens with two attached hydrogens (primary N) is 1. The molecular formula is C11H18F2N2O3. The van der Waals surface area contributed by atoms with Crippen molar-refractivity contribution < 1.29 is 23.1 Å². The van der Waals surface area contributed by atoms with Crippen LogP contribution in [0, 0.1) is 0 Å². The third-order valence-corrected chi connectivity index (χ3v) is 2.80. The molecule has 0 spiro atoms. The van der Waals surface area contributed by atoms with Crippen molar-refractivity contribution in [3.63, 3.8) is 0 Å². The van der Waals surface area contributed by atoms with E-state index in [1.54, 1.807) is 20.8 Å². The van der Waals surface area contributed by atoms with Gasteiger partial charge in [0.05, 0.1) is 0 Å². The first-order valence-electron chi connectivity index (χ1n) is 5.69. The maximum Gasteiger partial charge on any atom is 0.408 e. The lowest BCUT2D eigenvalue weighted by molar-refractivity contribution is -0.140. The molecular weight excluding hydrogens is 246 g/mol. The zero-order chi connectivity index (χ0) is 14.2. The summed E-state index contributed by atoms with van der Waals surface area (Å²) in [7, 11) is 0. The van der Waals surface area contributed by atoms with Crippen LogP contribution >= 0.6 is 0 Å². The van der Waals surface area contributed by atoms with Crippen LogP contribution in [0.4, 0.5) is 13.6 Å². The molecule has 2 amide bonds. The first-order valence-corrected chi connectivity index (χ1v) is 5.69. The molecule has 1 unspecified atom stereocenters. The number of amides is 2. The Kier molecular flexibility index (Phi) is 3.56. The van der Waals surface area contributed by atoms with Gasteiger partial charge in [-0.25, -0.2) is 13.6 Å². The summed E-state index contributed by atoms with van der Waals surface area (Å²) in [5, 5.41) is 1.95. The highest BCUT2D eigenvalue weighted by Gasteiger charge is 2.62. The molecule has 1 aliphatic rings. The van der Waals surface area contributed by atoms with Gasteiger partial charge in [-0.05, 0) is 33.6 Å². The molecule has 0 aromatic carbocycles. The number of carbonyl (C=O) groups excluding carboxylic acids is 2. The van der Waals surface area contributed by atoms with E-state index in [4.69, 9.17) is 10.5 Å². The Bertz CT molecular complexity index is 366. The Balaban J connectivity index is 2.89. The quantitative estimate of drug-likeness (QED) is 0.794. The van der Waals surface area contributed by atoms with Crippen LogP contribution in [0.25, 0.3) is 0 Å². The number of alkyl carbamates (subject to hydrolysis) is 1. The predicted molar refractivity (Wildman–Crippen MR) is 60.1 cm³/mol. The van der Waals surface area contributed by atoms with E-state index in [0.29, 0.717) is 0 Å². The van der Waals surface area contributed by atoms with Crippen LogP contribution < -0.4 is 11.1 Å². The van der Waals surface area contributed by atoms with E-state index in [9.17, 15) is 18.4 Å². The molecule has 0 saturated heterocycles. The maximum absolute atomic E-state index is 13.7. The topological polar surface area (TPSA) is 81.4 Å². The van der Waals surface area contributed by atoms with Crippen molar-refractivity contribution in [3.8, 4) is 0 Å². The SMILES string of the molecule is CC(C)(C)OC(=O)NC1(C(N)=O)CCCC1(F)F. The van der Waals surface area contributed by atoms with Crippen LogP contribution in [0.2, 0.25) is 0 Å². The number of rotatable bonds is 2. The fraction of sp³-hybridized carbons (Fsp3) is 0.818. The van der Waals surface area contributed by atoms with Crippen LogP contribution in [0.1, 0.15) is 40.0 Å². The first-order chi connectivity index (χ1) is 8.00. The van der Waals surface area contributed by atoms with Gasteiger partial charge in [0.1, 0.15) is 5.60 Å². The third-order valence-electron chi connectivity index (χ3n) is 2.80. The Morgan fingerprint density at radius 3 is 2.17 bits per heavy atom. The molecule has 0 aromatic rings. The van der Waals surface area contributed by atoms with Crippen molar-refractivity contribution in [2.24, 2.45) is 5.73 Å². The fourth-order valence-electron chi connectivity index (χ4n) is 1.97. The van der Waals surface area contributed by atoms with Crippen molar-refractivity contribution in [1.82, 2.24) is 5.32 Å². The molecule has 1 atom stereocenters. The van der Waals surface area contributed by atoms with Crippen LogP contribution in [0.5, 0.6) is 0 Å². The van der Waals surface area contributed by atoms with Crippen molar-refractivity contribution in [1.29, 1.82) is 0 Å². The molecule has 0 radical (unpaired) electrons. The molecule has 0 aliphatic heterocycles. The van der Waals surface area contributed by atoms with Crippen LogP contribution in [-0.4, -0.2) is 29.1 Å². The van der Waals surface area contributed by atoms with Gasteiger partial charge in [-0.1, -0.05) is 0 Å². The van der Waals surface area contributed by atoms with Gasteiger partial charge >= 0.3 is 6.09 Å². The maximum atomic E-state index is 13.7. The van der Waals surface area contributed by atoms with Gasteiger partial charge in [0, 0.05) is 6.42 Å². The smallest absolute Gasteiger partial charge is 0.408 e. The van der Waals surface area contributed by atoms with E-state index >= 15 is 0 Å². The summed E-state index contributed by atoms with van der Waals surface area (Å²) in [5.41, 5.74) is 1.86. The van der Waals surface area contributed by atoms with Gasteiger partial charge in [-0.15, -0.1) is 0 Å². The fourth-order valence-corrected chi connectivity index (χ4v) is 1.97. The van der Waals surface area contributed by atoms with Gasteiger partial charge < -0.3 is 15.8 Å². The minimum atomic E-state index is -3.35. The standard InChI is InChI=1S/C11H18F2N2O3/c1-9(2,3)18-8(17)15-10(7(14)16)5-4-6-11(10,12)13/h4-6H2,1-3H3,(H2,14,16)(H,15,17). The molecule has 1 rings (SSSR count). The summed E-state index contributed by atoms with van der Waals surface area (Å²) >= 11 is 0. The van der Waals surface area contributed by atoms with E-state index in [-0.39, 0.29) is 12.8 Å². The van der Waals surface area contributed by atoms with Crippen molar-refractivity contribution in [2.45, 2.75) is 57.1 Å². The lowest BCUT2D eigenvalue weighted by Gasteiger charge is -2.33. The Hall–Kier alpha value is -1.40. The van der Waals surface area contributed by atoms with Gasteiger partial charge in [-0.2, -0.15) is 0 Å². The number of hydrogen-bond acceptors (Lipinski definition) is 3. The van der Waals surface area contributed by atoms with E-state index in [1.165, 1.54) is 0 Å². The number of nitrogens with one attached hydrogen (secondary N) is 1. The molecule has 0 bridgehead atoms. The van der Waals surface area contributed by atoms with Crippen molar-refractivity contribution >= 4 is 12.0 Å². The third kappa shape index (κ3) is 2.70. The highest BCUT2D eigenvalue weighted by Crippen LogP contribution is 2.43. The van der Waals surface area contributed by atoms with Crippen molar-refractivity contribution in [3.05, 3.63) is 0 Å². The average Bonchev–Trinajstić information content (AvgIpc) is 2.39. The molecule has 18 heavy (non-hydrogen) atoms. The Morgan fingerprint density at radius 2 is 1.83 bits per heavy atom. The number of primary amides is 1. The normalized spacial score (nSPS) is 26.7. The second-order valence-corrected chi connectivity index (χ2v) is 5.45. The van der Waals surface area contributed by atoms with Gasteiger partial charge in [0.25, 0.3) is 5.92 Å². The minimum absolute atomic E-state index is 0.117. The summed E-state index contributed by atoms with van der Waals surface area (Å²) < 4.78 is 32.4. The zero-order valence-electron chi connectivity index (χ0n) is 10.7. The lowest BCUT2D eigenvalue weighted by atomic mass is 9.93. The molecule has 1 saturated carbocycles. The van der Waals surface area contributed by atoms with Gasteiger partial charge in [-0.3, -0.25) is 4.79 Å². The van der Waals surface area contributed by atoms with Crippen LogP contribution in [0.15, 0.2) is 0 Å². The molecule has 0 aromatic heterocycles. The summed E-state index contributed by atoms with van der Waals surface area (Å²) in [4.78, 5) is 22.8. The molecule has 1 aliphatic carbocycles. The number of halogens is 2. The average molecular weight is 264 g/mol. The number of hydrogen-bond donors (Lipinski definition) is 2. The van der Waals surface area contributed by atoms with E-state index < -0.39 is 35.5 Å². The van der Waals surface area contributed by atoms with Crippen LogP contribution in [0.3, 0.4) is 0 Å². The Morgan fingerprint density at radius 1 is 1.28 bits per heavy atom. The second-order valence-electron chi connectivity index (χ2n) is 5.45. The highest BCUT2D eigenvalue weighted by molar-refractivity contribution is 5.90. The van der Waals surface area contributed by atoms with Crippen molar-refractivity contribution in [2.75, 3.05) is 0 Å². The number of carbonyl (C=O) groups is 2. The van der Waals surface area contributed by atoms with E-state index in [0.717, 1.165) is 0 Å². The van der Waals surface area contributed by atoms with Gasteiger partial charge in [0.15, 0.2) is 5.54 Å². The largest absolute Gasteiger partial charge is 0.444 e. The molecule has 0 heterocycles. The summed E-state index contributed by atoms with van der Waals surface area (Å²) in [5.74, 6) is -4.59. The Labute approximate surface area is 104 Å². The first kappa shape index (κ1) is 14.7. The van der Waals surface area contributed by atoms with E-state index in [2.05, 4.69) is 0 Å². The molecule has 3 N–H and O–H groups in total. The number of alkyl halides is 2. The summed E-state index contributed by atoms with van der Waals surface area (Å²) in [6, 6.07) is 0. The zero-order valence-corrected chi connectivity index (χ0v) is 10.7. The highest BCUT2D eigenvalue weighted by atomic mass is 19.3. The predicted octanol–water partition coefficient (Wildman–Crippen LogP) is 1.55. The molecule has 1 fully saturated rings. The second kappa shape index (κ2) is 4.37. The summed E-state index contributed by atoms with van der Waals surface area (Å²) in [6.45, 7) is 4.78. The van der Waals surface area contributed by atoms with Gasteiger partial charge in [0.2, 0.25) is 5.91 Å². The molecule has 104 valence electrons. The minimum Gasteiger partial charge on any atom is -0.444 e. The number of ether oxygens (including phenoxy) is 1. The van der Waals surface area contributed by atoms with E-state index in [1.807, 2.05) is 5.32 Å². The molecule has 5 nitrogen and oxygen atoms in total. The summed E-state index contributed by atoms with van der Waals surface area (Å²) in [6.07, 6.45) is -1.62.